The molecule has 0 aromatic carbocycles. The summed E-state index contributed by atoms with van der Waals surface area (Å²) in [6, 6.07) is 0.882. The first-order chi connectivity index (χ1) is 9.85. The van der Waals surface area contributed by atoms with Crippen LogP contribution in [0.4, 0.5) is 0 Å². The molecule has 4 heteroatoms. The maximum absolute atomic E-state index is 11.5. The molecule has 1 fully saturated rings. The highest BCUT2D eigenvalue weighted by Crippen LogP contribution is 2.22. The van der Waals surface area contributed by atoms with Gasteiger partial charge in [-0.15, -0.1) is 0 Å². The topological polar surface area (TPSA) is 52.6 Å². The second-order valence-corrected chi connectivity index (χ2v) is 7.17. The molecule has 1 rings (SSSR count). The predicted molar refractivity (Wildman–Crippen MR) is 87.7 cm³/mol. The highest BCUT2D eigenvalue weighted by atomic mass is 16.4. The van der Waals surface area contributed by atoms with Crippen LogP contribution >= 0.6 is 0 Å². The minimum Gasteiger partial charge on any atom is -0.480 e. The van der Waals surface area contributed by atoms with E-state index in [4.69, 9.17) is 0 Å². The van der Waals surface area contributed by atoms with Crippen LogP contribution in [0.15, 0.2) is 0 Å². The highest BCUT2D eigenvalue weighted by molar-refractivity contribution is 5.78. The summed E-state index contributed by atoms with van der Waals surface area (Å²) >= 11 is 0. The van der Waals surface area contributed by atoms with Crippen molar-refractivity contribution in [1.29, 1.82) is 0 Å². The van der Waals surface area contributed by atoms with Crippen LogP contribution in [0.25, 0.3) is 0 Å². The van der Waals surface area contributed by atoms with E-state index in [1.54, 1.807) is 6.92 Å². The fourth-order valence-corrected chi connectivity index (χ4v) is 3.44. The van der Waals surface area contributed by atoms with E-state index in [9.17, 15) is 9.90 Å². The average molecular weight is 298 g/mol. The molecule has 0 aliphatic heterocycles. The molecule has 0 aromatic heterocycles. The number of carbonyl (C=O) groups is 1. The molecule has 1 aliphatic rings. The number of rotatable bonds is 8. The van der Waals surface area contributed by atoms with E-state index in [1.807, 2.05) is 13.8 Å². The summed E-state index contributed by atoms with van der Waals surface area (Å²) in [5.41, 5.74) is -0.807. The average Bonchev–Trinajstić information content (AvgIpc) is 2.66. The molecular weight excluding hydrogens is 264 g/mol. The molecule has 4 nitrogen and oxygen atoms in total. The molecule has 0 amide bonds. The SMILES string of the molecule is CC(C)NC(C)(CCCN(C)C1CCCCCC1)C(=O)O. The van der Waals surface area contributed by atoms with Crippen LogP contribution in [0.1, 0.15) is 72.1 Å². The van der Waals surface area contributed by atoms with Gasteiger partial charge in [0.05, 0.1) is 0 Å². The molecule has 0 aromatic rings. The Bertz CT molecular complexity index is 312. The van der Waals surface area contributed by atoms with Gasteiger partial charge in [0.25, 0.3) is 0 Å². The predicted octanol–water partition coefficient (Wildman–Crippen LogP) is 3.26. The molecule has 0 bridgehead atoms. The molecule has 1 unspecified atom stereocenters. The van der Waals surface area contributed by atoms with Gasteiger partial charge >= 0.3 is 5.97 Å². The highest BCUT2D eigenvalue weighted by Gasteiger charge is 2.33. The molecule has 2 N–H and O–H groups in total. The zero-order valence-corrected chi connectivity index (χ0v) is 14.3. The van der Waals surface area contributed by atoms with Crippen molar-refractivity contribution in [2.45, 2.75) is 89.8 Å². The normalized spacial score (nSPS) is 20.5. The summed E-state index contributed by atoms with van der Waals surface area (Å²) < 4.78 is 0. The third-order valence-electron chi connectivity index (χ3n) is 4.71. The lowest BCUT2D eigenvalue weighted by Crippen LogP contribution is -2.52. The first-order valence-corrected chi connectivity index (χ1v) is 8.56. The summed E-state index contributed by atoms with van der Waals surface area (Å²) in [5, 5.41) is 12.7. The van der Waals surface area contributed by atoms with Crippen LogP contribution in [-0.4, -0.2) is 47.2 Å². The second-order valence-electron chi connectivity index (χ2n) is 7.17. The summed E-state index contributed by atoms with van der Waals surface area (Å²) in [5.74, 6) is -0.742. The van der Waals surface area contributed by atoms with Crippen LogP contribution < -0.4 is 5.32 Å². The van der Waals surface area contributed by atoms with E-state index in [0.717, 1.165) is 13.0 Å². The Morgan fingerprint density at radius 1 is 1.29 bits per heavy atom. The van der Waals surface area contributed by atoms with Crippen molar-refractivity contribution in [2.75, 3.05) is 13.6 Å². The largest absolute Gasteiger partial charge is 0.480 e. The van der Waals surface area contributed by atoms with Crippen molar-refractivity contribution < 1.29 is 9.90 Å². The lowest BCUT2D eigenvalue weighted by atomic mass is 9.94. The third-order valence-corrected chi connectivity index (χ3v) is 4.71. The summed E-state index contributed by atoms with van der Waals surface area (Å²) in [4.78, 5) is 14.0. The lowest BCUT2D eigenvalue weighted by molar-refractivity contribution is -0.144. The van der Waals surface area contributed by atoms with E-state index >= 15 is 0 Å². The molecule has 1 aliphatic carbocycles. The number of carboxylic acids is 1. The van der Waals surface area contributed by atoms with Gasteiger partial charge in [-0.2, -0.15) is 0 Å². The lowest BCUT2D eigenvalue weighted by Gasteiger charge is -2.31. The molecule has 0 spiro atoms. The number of hydrogen-bond acceptors (Lipinski definition) is 3. The molecule has 1 atom stereocenters. The van der Waals surface area contributed by atoms with Crippen LogP contribution in [0.3, 0.4) is 0 Å². The minimum absolute atomic E-state index is 0.186. The van der Waals surface area contributed by atoms with Crippen LogP contribution in [0, 0.1) is 0 Å². The van der Waals surface area contributed by atoms with Gasteiger partial charge in [0.1, 0.15) is 5.54 Å². The van der Waals surface area contributed by atoms with Gasteiger partial charge in [-0.1, -0.05) is 25.7 Å². The maximum atomic E-state index is 11.5. The Labute approximate surface area is 130 Å². The molecule has 0 heterocycles. The van der Waals surface area contributed by atoms with E-state index in [1.165, 1.54) is 38.5 Å². The molecule has 0 radical (unpaired) electrons. The standard InChI is InChI=1S/C17H34N2O2/c1-14(2)18-17(3,16(20)21)12-9-13-19(4)15-10-7-5-6-8-11-15/h14-15,18H,5-13H2,1-4H3,(H,20,21). The number of aliphatic carboxylic acids is 1. The summed E-state index contributed by atoms with van der Waals surface area (Å²) in [6.07, 6.45) is 9.65. The first-order valence-electron chi connectivity index (χ1n) is 8.56. The molecule has 0 saturated heterocycles. The quantitative estimate of drug-likeness (QED) is 0.675. The Kier molecular flexibility index (Phi) is 7.67. The molecule has 124 valence electrons. The van der Waals surface area contributed by atoms with Crippen molar-refractivity contribution in [3.8, 4) is 0 Å². The first kappa shape index (κ1) is 18.4. The monoisotopic (exact) mass is 298 g/mol. The maximum Gasteiger partial charge on any atom is 0.323 e. The minimum atomic E-state index is -0.807. The van der Waals surface area contributed by atoms with Gasteiger partial charge < -0.3 is 10.0 Å². The van der Waals surface area contributed by atoms with Crippen LogP contribution in [0.5, 0.6) is 0 Å². The Hall–Kier alpha value is -0.610. The number of nitrogens with one attached hydrogen (secondary N) is 1. The van der Waals surface area contributed by atoms with Gasteiger partial charge in [-0.3, -0.25) is 10.1 Å². The van der Waals surface area contributed by atoms with Crippen LogP contribution in [0.2, 0.25) is 0 Å². The van der Waals surface area contributed by atoms with Gasteiger partial charge in [0, 0.05) is 12.1 Å². The van der Waals surface area contributed by atoms with E-state index in [-0.39, 0.29) is 6.04 Å². The van der Waals surface area contributed by atoms with Crippen molar-refractivity contribution in [3.63, 3.8) is 0 Å². The summed E-state index contributed by atoms with van der Waals surface area (Å²) in [6.45, 7) is 6.80. The number of carboxylic acid groups (broad SMARTS) is 1. The van der Waals surface area contributed by atoms with Crippen molar-refractivity contribution in [2.24, 2.45) is 0 Å². The third kappa shape index (κ3) is 6.35. The molecular formula is C17H34N2O2. The smallest absolute Gasteiger partial charge is 0.323 e. The van der Waals surface area contributed by atoms with Crippen molar-refractivity contribution in [3.05, 3.63) is 0 Å². The summed E-state index contributed by atoms with van der Waals surface area (Å²) in [7, 11) is 2.20. The Balaban J connectivity index is 2.40. The van der Waals surface area contributed by atoms with E-state index in [0.29, 0.717) is 12.5 Å². The number of nitrogens with zero attached hydrogens (tertiary/aromatic N) is 1. The van der Waals surface area contributed by atoms with Gasteiger partial charge in [0.2, 0.25) is 0 Å². The van der Waals surface area contributed by atoms with E-state index < -0.39 is 11.5 Å². The fraction of sp³-hybridized carbons (Fsp3) is 0.941. The molecule has 21 heavy (non-hydrogen) atoms. The van der Waals surface area contributed by atoms with E-state index in [2.05, 4.69) is 17.3 Å². The van der Waals surface area contributed by atoms with Crippen molar-refractivity contribution >= 4 is 5.97 Å². The Morgan fingerprint density at radius 3 is 2.33 bits per heavy atom. The Morgan fingerprint density at radius 2 is 1.86 bits per heavy atom. The second kappa shape index (κ2) is 8.74. The molecule has 1 saturated carbocycles. The van der Waals surface area contributed by atoms with Gasteiger partial charge in [-0.05, 0) is 60.0 Å². The zero-order chi connectivity index (χ0) is 15.9. The van der Waals surface area contributed by atoms with Gasteiger partial charge in [0.15, 0.2) is 0 Å². The van der Waals surface area contributed by atoms with Crippen LogP contribution in [-0.2, 0) is 4.79 Å². The fourth-order valence-electron chi connectivity index (χ4n) is 3.44. The van der Waals surface area contributed by atoms with Crippen molar-refractivity contribution in [1.82, 2.24) is 10.2 Å². The zero-order valence-electron chi connectivity index (χ0n) is 14.3. The van der Waals surface area contributed by atoms with Gasteiger partial charge in [-0.25, -0.2) is 0 Å². The number of hydrogen-bond donors (Lipinski definition) is 2.